The van der Waals surface area contributed by atoms with E-state index in [4.69, 9.17) is 22.4 Å². The van der Waals surface area contributed by atoms with Crippen molar-refractivity contribution in [2.75, 3.05) is 54.5 Å². The Labute approximate surface area is 377 Å². The van der Waals surface area contributed by atoms with Gasteiger partial charge in [-0.25, -0.2) is 36.8 Å². The minimum Gasteiger partial charge on any atom is -0.480 e. The molecule has 6 aromatic rings. The zero-order valence-electron chi connectivity index (χ0n) is 34.0. The number of hydrogen-bond acceptors (Lipinski definition) is 14. The first kappa shape index (κ1) is 50.1. The number of carboxylic acid groups (broad SMARTS) is 1. The fraction of sp³-hybridized carbons (Fsp3) is 0.220. The Morgan fingerprint density at radius 3 is 1.59 bits per heavy atom. The molecule has 0 saturated carbocycles. The quantitative estimate of drug-likeness (QED) is 0.0709. The number of rotatable bonds is 11. The van der Waals surface area contributed by atoms with E-state index in [1.165, 1.54) is 6.33 Å². The molecule has 20 heteroatoms. The van der Waals surface area contributed by atoms with E-state index >= 15 is 0 Å². The molecule has 0 aliphatic heterocycles. The van der Waals surface area contributed by atoms with Crippen LogP contribution in [0.2, 0.25) is 0 Å². The molecule has 15 nitrogen and oxygen atoms in total. The van der Waals surface area contributed by atoms with Crippen molar-refractivity contribution in [3.05, 3.63) is 123 Å². The SMILES string of the molecule is CC(C)=C(Cl)N(C)C.CS(=O)(=O)CC(=O)Cc1ccc2ncnc(Nc3cccc(Br)c3)c2c1.CS(=O)(=O)CC(=O)O.Nc1ccc2ncnc(Nc3cccc(Br)c3)c2c1. The lowest BCUT2D eigenvalue weighted by atomic mass is 10.1. The molecule has 0 aliphatic rings. The minimum atomic E-state index is -3.33. The van der Waals surface area contributed by atoms with Gasteiger partial charge < -0.3 is 26.4 Å². The summed E-state index contributed by atoms with van der Waals surface area (Å²) < 4.78 is 44.6. The van der Waals surface area contributed by atoms with E-state index in [2.05, 4.69) is 62.4 Å². The molecule has 0 bridgehead atoms. The second kappa shape index (κ2) is 23.1. The number of halogens is 3. The second-order valence-corrected chi connectivity index (χ2v) is 20.2. The molecular formula is C41H45Br2ClN8O7S2. The summed E-state index contributed by atoms with van der Waals surface area (Å²) >= 11 is 12.6. The number of nitrogens with two attached hydrogens (primary N) is 1. The van der Waals surface area contributed by atoms with Crippen LogP contribution in [0.15, 0.2) is 117 Å². The van der Waals surface area contributed by atoms with Crippen LogP contribution < -0.4 is 16.4 Å². The van der Waals surface area contributed by atoms with Crippen molar-refractivity contribution in [2.24, 2.45) is 0 Å². The number of nitrogens with one attached hydrogen (secondary N) is 2. The molecule has 0 radical (unpaired) electrons. The summed E-state index contributed by atoms with van der Waals surface area (Å²) in [6.45, 7) is 3.98. The third-order valence-electron chi connectivity index (χ3n) is 7.55. The lowest BCUT2D eigenvalue weighted by Crippen LogP contribution is -2.16. The maximum atomic E-state index is 11.9. The number of anilines is 5. The van der Waals surface area contributed by atoms with Gasteiger partial charge in [0.05, 0.1) is 11.0 Å². The first-order valence-electron chi connectivity index (χ1n) is 17.9. The summed E-state index contributed by atoms with van der Waals surface area (Å²) in [4.78, 5) is 40.5. The molecule has 0 spiro atoms. The zero-order chi connectivity index (χ0) is 45.5. The smallest absolute Gasteiger partial charge is 0.318 e. The largest absolute Gasteiger partial charge is 0.480 e. The molecule has 5 N–H and O–H groups in total. The maximum Gasteiger partial charge on any atom is 0.318 e. The number of nitrogen functional groups attached to an aromatic ring is 1. The molecule has 0 aliphatic carbocycles. The maximum absolute atomic E-state index is 11.9. The van der Waals surface area contributed by atoms with Crippen molar-refractivity contribution in [3.8, 4) is 0 Å². The predicted molar refractivity (Wildman–Crippen MR) is 252 cm³/mol. The predicted octanol–water partition coefficient (Wildman–Crippen LogP) is 8.16. The van der Waals surface area contributed by atoms with Crippen molar-refractivity contribution in [3.63, 3.8) is 0 Å². The number of carbonyl (C=O) groups is 2. The topological polar surface area (TPSA) is 228 Å². The van der Waals surface area contributed by atoms with E-state index in [9.17, 15) is 26.4 Å². The van der Waals surface area contributed by atoms with Crippen LogP contribution >= 0.6 is 43.5 Å². The van der Waals surface area contributed by atoms with Crippen LogP contribution in [0.1, 0.15) is 19.4 Å². The van der Waals surface area contributed by atoms with Crippen molar-refractivity contribution in [2.45, 2.75) is 20.3 Å². The standard InChI is InChI=1S/C18H16BrN3O3S.C14H11BrN4.C6H12ClN.C3H6O4S/c1-26(24,25)10-15(23)7-12-5-6-17-16(8-12)18(21-11-20-17)22-14-4-2-3-13(19)9-14;15-9-2-1-3-11(6-9)19-14-12-7-10(16)4-5-13(12)17-8-18-14;1-5(2)6(7)8(3)4;1-8(6,7)2-3(4)5/h2-6,8-9,11H,7,10H2,1H3,(H,20,21,22);1-8H,16H2,(H,17,18,19);1-4H3;2H2,1H3,(H,4,5). The summed E-state index contributed by atoms with van der Waals surface area (Å²) in [5, 5.41) is 16.9. The molecule has 0 unspecified atom stereocenters. The zero-order valence-corrected chi connectivity index (χ0v) is 39.6. The number of nitrogens with zero attached hydrogens (tertiary/aromatic N) is 5. The average Bonchev–Trinajstić information content (AvgIpc) is 3.14. The second-order valence-electron chi connectivity index (χ2n) is 13.8. The fourth-order valence-corrected chi connectivity index (χ4v) is 7.07. The van der Waals surface area contributed by atoms with Crippen LogP contribution in [-0.4, -0.2) is 96.6 Å². The van der Waals surface area contributed by atoms with Crippen molar-refractivity contribution < 1.29 is 31.5 Å². The van der Waals surface area contributed by atoms with Gasteiger partial charge in [0, 0.05) is 69.8 Å². The van der Waals surface area contributed by atoms with Gasteiger partial charge in [0.25, 0.3) is 0 Å². The van der Waals surface area contributed by atoms with E-state index in [1.54, 1.807) is 18.5 Å². The van der Waals surface area contributed by atoms with Crippen molar-refractivity contribution in [1.82, 2.24) is 24.8 Å². The van der Waals surface area contributed by atoms with Crippen LogP contribution in [0.3, 0.4) is 0 Å². The Bertz CT molecular complexity index is 2760. The number of benzene rings is 4. The highest BCUT2D eigenvalue weighted by atomic mass is 79.9. The van der Waals surface area contributed by atoms with Gasteiger partial charge in [0.15, 0.2) is 25.5 Å². The van der Waals surface area contributed by atoms with E-state index in [1.807, 2.05) is 106 Å². The third kappa shape index (κ3) is 18.5. The molecular weight excluding hydrogens is 976 g/mol. The van der Waals surface area contributed by atoms with Gasteiger partial charge in [-0.15, -0.1) is 0 Å². The molecule has 61 heavy (non-hydrogen) atoms. The molecule has 4 aromatic carbocycles. The number of hydrogen-bond donors (Lipinski definition) is 4. The van der Waals surface area contributed by atoms with Gasteiger partial charge in [-0.3, -0.25) is 9.59 Å². The van der Waals surface area contributed by atoms with Crippen LogP contribution in [0.5, 0.6) is 0 Å². The first-order chi connectivity index (χ1) is 28.5. The highest BCUT2D eigenvalue weighted by Crippen LogP contribution is 2.27. The first-order valence-corrected chi connectivity index (χ1v) is 24.0. The monoisotopic (exact) mass is 1020 g/mol. The van der Waals surface area contributed by atoms with Crippen LogP contribution in [0.25, 0.3) is 21.8 Å². The Balaban J connectivity index is 0.000000246. The number of ketones is 1. The van der Waals surface area contributed by atoms with Crippen LogP contribution in [-0.2, 0) is 35.7 Å². The molecule has 2 aromatic heterocycles. The molecule has 0 atom stereocenters. The number of carboxylic acids is 1. The highest BCUT2D eigenvalue weighted by Gasteiger charge is 2.13. The Morgan fingerprint density at radius 2 is 1.20 bits per heavy atom. The molecule has 2 heterocycles. The Morgan fingerprint density at radius 1 is 0.721 bits per heavy atom. The number of aliphatic carboxylic acids is 1. The molecule has 324 valence electrons. The van der Waals surface area contributed by atoms with E-state index < -0.39 is 37.1 Å². The van der Waals surface area contributed by atoms with E-state index in [0.717, 1.165) is 76.7 Å². The average molecular weight is 1020 g/mol. The lowest BCUT2D eigenvalue weighted by molar-refractivity contribution is -0.134. The fourth-order valence-electron chi connectivity index (χ4n) is 5.14. The third-order valence-corrected chi connectivity index (χ3v) is 10.9. The molecule has 6 rings (SSSR count). The van der Waals surface area contributed by atoms with Gasteiger partial charge in [-0.05, 0) is 91.7 Å². The number of Topliss-reactive ketones (excluding diaryl/α,β-unsaturated/α-hetero) is 1. The summed E-state index contributed by atoms with van der Waals surface area (Å²) in [6, 6.07) is 26.6. The number of sulfone groups is 2. The Hall–Kier alpha value is -5.21. The van der Waals surface area contributed by atoms with E-state index in [0.29, 0.717) is 11.5 Å². The Kier molecular flexibility index (Phi) is 19.0. The van der Waals surface area contributed by atoms with E-state index in [-0.39, 0.29) is 12.2 Å². The van der Waals surface area contributed by atoms with Gasteiger partial charge in [-0.1, -0.05) is 61.7 Å². The normalized spacial score (nSPS) is 10.8. The van der Waals surface area contributed by atoms with Gasteiger partial charge >= 0.3 is 5.97 Å². The summed E-state index contributed by atoms with van der Waals surface area (Å²) in [5.74, 6) is -1.54. The van der Waals surface area contributed by atoms with Gasteiger partial charge in [0.1, 0.15) is 41.0 Å². The number of carbonyl (C=O) groups excluding carboxylic acids is 1. The van der Waals surface area contributed by atoms with Crippen LogP contribution in [0, 0.1) is 0 Å². The van der Waals surface area contributed by atoms with Crippen LogP contribution in [0.4, 0.5) is 28.7 Å². The summed E-state index contributed by atoms with van der Waals surface area (Å²) in [5.41, 5.74) is 11.8. The summed E-state index contributed by atoms with van der Waals surface area (Å²) in [6.07, 6.45) is 4.99. The number of fused-ring (bicyclic) bond motifs is 2. The number of aromatic nitrogens is 4. The van der Waals surface area contributed by atoms with Crippen molar-refractivity contribution in [1.29, 1.82) is 0 Å². The molecule has 0 fully saturated rings. The van der Waals surface area contributed by atoms with Crippen molar-refractivity contribution >= 4 is 125 Å². The molecule has 0 saturated heterocycles. The summed E-state index contributed by atoms with van der Waals surface area (Å²) in [7, 11) is -2.80. The lowest BCUT2D eigenvalue weighted by Gasteiger charge is -2.11. The minimum absolute atomic E-state index is 0.0498. The highest BCUT2D eigenvalue weighted by molar-refractivity contribution is 9.10. The van der Waals surface area contributed by atoms with Gasteiger partial charge in [-0.2, -0.15) is 0 Å². The number of allylic oxidation sites excluding steroid dienone is 1. The molecule has 0 amide bonds. The van der Waals surface area contributed by atoms with Gasteiger partial charge in [0.2, 0.25) is 0 Å².